The molecule has 1 N–H and O–H groups in total. The average Bonchev–Trinajstić information content (AvgIpc) is 2.71. The summed E-state index contributed by atoms with van der Waals surface area (Å²) in [5.41, 5.74) is 4.09. The van der Waals surface area contributed by atoms with Crippen LogP contribution in [0.4, 0.5) is 5.69 Å². The average molecular weight is 415 g/mol. The number of sulfonamides is 1. The Balaban J connectivity index is 1.59. The van der Waals surface area contributed by atoms with Gasteiger partial charge < -0.3 is 5.32 Å². The molecule has 2 aromatic carbocycles. The highest BCUT2D eigenvalue weighted by Crippen LogP contribution is 2.26. The quantitative estimate of drug-likeness (QED) is 0.767. The molecule has 5 nitrogen and oxygen atoms in total. The highest BCUT2D eigenvalue weighted by Gasteiger charge is 2.32. The van der Waals surface area contributed by atoms with Gasteiger partial charge in [-0.3, -0.25) is 4.79 Å². The van der Waals surface area contributed by atoms with Crippen molar-refractivity contribution in [2.45, 2.75) is 51.3 Å². The predicted molar refractivity (Wildman–Crippen MR) is 116 cm³/mol. The Morgan fingerprint density at radius 1 is 1.03 bits per heavy atom. The Morgan fingerprint density at radius 3 is 2.28 bits per heavy atom. The van der Waals surface area contributed by atoms with E-state index in [-0.39, 0.29) is 11.8 Å². The van der Waals surface area contributed by atoms with Crippen LogP contribution in [-0.4, -0.2) is 31.7 Å². The van der Waals surface area contributed by atoms with E-state index in [1.807, 2.05) is 44.2 Å². The highest BCUT2D eigenvalue weighted by atomic mass is 32.2. The number of nitrogens with zero attached hydrogens (tertiary/aromatic N) is 1. The first-order valence-electron chi connectivity index (χ1n) is 10.3. The third-order valence-electron chi connectivity index (χ3n) is 5.70. The zero-order valence-corrected chi connectivity index (χ0v) is 18.3. The van der Waals surface area contributed by atoms with Crippen LogP contribution >= 0.6 is 0 Å². The summed E-state index contributed by atoms with van der Waals surface area (Å²) >= 11 is 0. The first-order chi connectivity index (χ1) is 13.8. The van der Waals surface area contributed by atoms with Gasteiger partial charge in [0.2, 0.25) is 15.9 Å². The fraction of sp³-hybridized carbons (Fsp3) is 0.435. The molecule has 0 saturated carbocycles. The molecular formula is C23H30N2O3S. The number of hydrogen-bond acceptors (Lipinski definition) is 3. The molecule has 0 unspecified atom stereocenters. The molecule has 1 amide bonds. The first-order valence-corrected chi connectivity index (χ1v) is 11.7. The van der Waals surface area contributed by atoms with Crippen molar-refractivity contribution in [2.75, 3.05) is 18.4 Å². The van der Waals surface area contributed by atoms with E-state index in [4.69, 9.17) is 0 Å². The van der Waals surface area contributed by atoms with Gasteiger partial charge in [0.05, 0.1) is 4.90 Å². The van der Waals surface area contributed by atoms with Crippen molar-refractivity contribution in [1.29, 1.82) is 0 Å². The van der Waals surface area contributed by atoms with Crippen molar-refractivity contribution >= 4 is 21.6 Å². The Hall–Kier alpha value is -2.18. The monoisotopic (exact) mass is 414 g/mol. The van der Waals surface area contributed by atoms with E-state index >= 15 is 0 Å². The first kappa shape index (κ1) is 21.5. The summed E-state index contributed by atoms with van der Waals surface area (Å²) in [6.45, 7) is 6.75. The molecule has 0 aliphatic carbocycles. The Bertz CT molecular complexity index is 960. The van der Waals surface area contributed by atoms with Crippen molar-refractivity contribution < 1.29 is 13.2 Å². The van der Waals surface area contributed by atoms with Crippen LogP contribution in [0.25, 0.3) is 0 Å². The van der Waals surface area contributed by atoms with Crippen molar-refractivity contribution in [3.63, 3.8) is 0 Å². The fourth-order valence-corrected chi connectivity index (χ4v) is 5.22. The molecule has 0 aromatic heterocycles. The standard InChI is InChI=1S/C23H30N2O3S/c1-4-5-19-7-9-21(10-8-19)24-23(26)20-12-14-25(15-13-20)29(27,28)22-11-6-17(2)18(3)16-22/h6-11,16,20H,4-5,12-15H2,1-3H3,(H,24,26). The zero-order valence-electron chi connectivity index (χ0n) is 17.4. The predicted octanol–water partition coefficient (Wildman–Crippen LogP) is 4.30. The maximum atomic E-state index is 12.9. The minimum atomic E-state index is -3.52. The van der Waals surface area contributed by atoms with E-state index < -0.39 is 10.0 Å². The number of carbonyl (C=O) groups excluding carboxylic acids is 1. The van der Waals surface area contributed by atoms with Gasteiger partial charge >= 0.3 is 0 Å². The smallest absolute Gasteiger partial charge is 0.243 e. The molecule has 6 heteroatoms. The summed E-state index contributed by atoms with van der Waals surface area (Å²) < 4.78 is 27.4. The van der Waals surface area contributed by atoms with Crippen LogP contribution in [0.1, 0.15) is 42.9 Å². The van der Waals surface area contributed by atoms with Crippen LogP contribution < -0.4 is 5.32 Å². The van der Waals surface area contributed by atoms with Gasteiger partial charge in [-0.2, -0.15) is 4.31 Å². The van der Waals surface area contributed by atoms with E-state index in [1.54, 1.807) is 12.1 Å². The number of anilines is 1. The third kappa shape index (κ3) is 5.06. The summed E-state index contributed by atoms with van der Waals surface area (Å²) in [6.07, 6.45) is 3.19. The molecule has 3 rings (SSSR count). The van der Waals surface area contributed by atoms with Crippen LogP contribution in [0.2, 0.25) is 0 Å². The minimum Gasteiger partial charge on any atom is -0.326 e. The normalized spacial score (nSPS) is 16.0. The summed E-state index contributed by atoms with van der Waals surface area (Å²) in [6, 6.07) is 13.2. The second-order valence-electron chi connectivity index (χ2n) is 7.86. The van der Waals surface area contributed by atoms with Crippen molar-refractivity contribution in [1.82, 2.24) is 4.31 Å². The number of amides is 1. The van der Waals surface area contributed by atoms with E-state index in [1.165, 1.54) is 9.87 Å². The molecular weight excluding hydrogens is 384 g/mol. The number of rotatable bonds is 6. The van der Waals surface area contributed by atoms with Crippen LogP contribution in [0, 0.1) is 19.8 Å². The van der Waals surface area contributed by atoms with E-state index in [0.29, 0.717) is 30.8 Å². The highest BCUT2D eigenvalue weighted by molar-refractivity contribution is 7.89. The van der Waals surface area contributed by atoms with Gasteiger partial charge in [-0.25, -0.2) is 8.42 Å². The Labute approximate surface area is 174 Å². The summed E-state index contributed by atoms with van der Waals surface area (Å²) in [7, 11) is -3.52. The van der Waals surface area contributed by atoms with Gasteiger partial charge in [0.15, 0.2) is 0 Å². The lowest BCUT2D eigenvalue weighted by Gasteiger charge is -2.30. The van der Waals surface area contributed by atoms with Crippen LogP contribution in [-0.2, 0) is 21.2 Å². The molecule has 1 saturated heterocycles. The SMILES string of the molecule is CCCc1ccc(NC(=O)C2CCN(S(=O)(=O)c3ccc(C)c(C)c3)CC2)cc1. The van der Waals surface area contributed by atoms with E-state index in [9.17, 15) is 13.2 Å². The number of piperidine rings is 1. The van der Waals surface area contributed by atoms with Crippen LogP contribution in [0.3, 0.4) is 0 Å². The van der Waals surface area contributed by atoms with Gasteiger partial charge in [-0.1, -0.05) is 31.5 Å². The molecule has 0 radical (unpaired) electrons. The second kappa shape index (κ2) is 9.09. The van der Waals surface area contributed by atoms with Gasteiger partial charge in [-0.15, -0.1) is 0 Å². The molecule has 1 fully saturated rings. The lowest BCUT2D eigenvalue weighted by Crippen LogP contribution is -2.41. The molecule has 156 valence electrons. The number of carbonyl (C=O) groups is 1. The van der Waals surface area contributed by atoms with Gasteiger partial charge in [-0.05, 0) is 74.1 Å². The molecule has 0 spiro atoms. The lowest BCUT2D eigenvalue weighted by molar-refractivity contribution is -0.120. The maximum absolute atomic E-state index is 12.9. The largest absolute Gasteiger partial charge is 0.326 e. The summed E-state index contributed by atoms with van der Waals surface area (Å²) in [5, 5.41) is 2.97. The molecule has 2 aromatic rings. The topological polar surface area (TPSA) is 66.5 Å². The molecule has 0 atom stereocenters. The summed E-state index contributed by atoms with van der Waals surface area (Å²) in [5.74, 6) is -0.201. The number of hydrogen-bond donors (Lipinski definition) is 1. The third-order valence-corrected chi connectivity index (χ3v) is 7.60. The molecule has 1 aliphatic heterocycles. The van der Waals surface area contributed by atoms with E-state index in [2.05, 4.69) is 12.2 Å². The maximum Gasteiger partial charge on any atom is 0.243 e. The Morgan fingerprint density at radius 2 is 1.69 bits per heavy atom. The van der Waals surface area contributed by atoms with Gasteiger partial charge in [0.1, 0.15) is 0 Å². The van der Waals surface area contributed by atoms with Gasteiger partial charge in [0.25, 0.3) is 0 Å². The zero-order chi connectivity index (χ0) is 21.0. The molecule has 0 bridgehead atoms. The number of benzene rings is 2. The summed E-state index contributed by atoms with van der Waals surface area (Å²) in [4.78, 5) is 12.9. The fourth-order valence-electron chi connectivity index (χ4n) is 3.67. The molecule has 1 aliphatic rings. The molecule has 1 heterocycles. The second-order valence-corrected chi connectivity index (χ2v) is 9.80. The number of nitrogens with one attached hydrogen (secondary N) is 1. The van der Waals surface area contributed by atoms with Crippen molar-refractivity contribution in [2.24, 2.45) is 5.92 Å². The Kier molecular flexibility index (Phi) is 6.75. The van der Waals surface area contributed by atoms with E-state index in [0.717, 1.165) is 29.7 Å². The van der Waals surface area contributed by atoms with Gasteiger partial charge in [0, 0.05) is 24.7 Å². The van der Waals surface area contributed by atoms with Crippen LogP contribution in [0.15, 0.2) is 47.4 Å². The van der Waals surface area contributed by atoms with Crippen molar-refractivity contribution in [3.8, 4) is 0 Å². The molecule has 29 heavy (non-hydrogen) atoms. The van der Waals surface area contributed by atoms with Crippen LogP contribution in [0.5, 0.6) is 0 Å². The van der Waals surface area contributed by atoms with Crippen molar-refractivity contribution in [3.05, 3.63) is 59.2 Å². The minimum absolute atomic E-state index is 0.0310. The number of aryl methyl sites for hydroxylation is 3. The lowest BCUT2D eigenvalue weighted by atomic mass is 9.97.